The monoisotopic (exact) mass is 257 g/mol. The number of benzene rings is 1. The first-order valence-corrected chi connectivity index (χ1v) is 5.60. The molecule has 0 saturated carbocycles. The molecule has 18 heavy (non-hydrogen) atoms. The summed E-state index contributed by atoms with van der Waals surface area (Å²) >= 11 is 0. The Balaban J connectivity index is 2.15. The number of rotatable bonds is 1. The van der Waals surface area contributed by atoms with Crippen molar-refractivity contribution in [3.05, 3.63) is 34.4 Å². The van der Waals surface area contributed by atoms with E-state index < -0.39 is 17.6 Å². The highest BCUT2D eigenvalue weighted by atomic mass is 19.4. The second-order valence-corrected chi connectivity index (χ2v) is 4.42. The van der Waals surface area contributed by atoms with Crippen molar-refractivity contribution in [1.82, 2.24) is 5.32 Å². The van der Waals surface area contributed by atoms with Crippen molar-refractivity contribution in [3.63, 3.8) is 0 Å². The molecule has 3 rings (SSSR count). The van der Waals surface area contributed by atoms with Crippen LogP contribution in [0, 0.1) is 0 Å². The predicted molar refractivity (Wildman–Crippen MR) is 55.9 cm³/mol. The number of ether oxygens (including phenoxy) is 1. The van der Waals surface area contributed by atoms with Crippen LogP contribution in [0.3, 0.4) is 0 Å². The Morgan fingerprint density at radius 3 is 2.61 bits per heavy atom. The summed E-state index contributed by atoms with van der Waals surface area (Å²) in [4.78, 5) is 11.5. The van der Waals surface area contributed by atoms with Gasteiger partial charge in [-0.3, -0.25) is 4.79 Å². The van der Waals surface area contributed by atoms with Gasteiger partial charge in [0, 0.05) is 18.5 Å². The summed E-state index contributed by atoms with van der Waals surface area (Å²) in [6, 6.07) is 2.61. The number of alkyl halides is 3. The number of hydrogen-bond acceptors (Lipinski definition) is 2. The molecular formula is C12H10F3NO2. The van der Waals surface area contributed by atoms with Crippen molar-refractivity contribution in [2.45, 2.75) is 25.2 Å². The molecule has 2 aliphatic rings. The van der Waals surface area contributed by atoms with Crippen LogP contribution in [0.2, 0.25) is 0 Å². The number of halogens is 3. The predicted octanol–water partition coefficient (Wildman–Crippen LogP) is 2.41. The third-order valence-electron chi connectivity index (χ3n) is 3.32. The Kier molecular flexibility index (Phi) is 2.38. The Morgan fingerprint density at radius 2 is 2.06 bits per heavy atom. The summed E-state index contributed by atoms with van der Waals surface area (Å²) in [5, 5.41) is 2.42. The first-order chi connectivity index (χ1) is 8.47. The van der Waals surface area contributed by atoms with Crippen LogP contribution >= 0.6 is 0 Å². The second-order valence-electron chi connectivity index (χ2n) is 4.42. The fraction of sp³-hybridized carbons (Fsp3) is 0.417. The van der Waals surface area contributed by atoms with E-state index in [0.717, 1.165) is 6.07 Å². The van der Waals surface area contributed by atoms with Gasteiger partial charge in [-0.25, -0.2) is 0 Å². The number of carbonyl (C=O) groups is 1. The van der Waals surface area contributed by atoms with Gasteiger partial charge in [-0.05, 0) is 23.3 Å². The number of nitrogens with one attached hydrogen (secondary N) is 1. The third kappa shape index (κ3) is 1.68. The molecule has 1 unspecified atom stereocenters. The van der Waals surface area contributed by atoms with Gasteiger partial charge >= 0.3 is 6.18 Å². The maximum Gasteiger partial charge on any atom is 0.416 e. The van der Waals surface area contributed by atoms with E-state index in [-0.39, 0.29) is 23.8 Å². The van der Waals surface area contributed by atoms with E-state index in [1.807, 2.05) is 0 Å². The van der Waals surface area contributed by atoms with Crippen LogP contribution in [0.15, 0.2) is 12.1 Å². The Labute approximate surface area is 101 Å². The Morgan fingerprint density at radius 1 is 1.33 bits per heavy atom. The van der Waals surface area contributed by atoms with Crippen LogP contribution in [0.4, 0.5) is 13.2 Å². The summed E-state index contributed by atoms with van der Waals surface area (Å²) in [5.74, 6) is -0.448. The summed E-state index contributed by atoms with van der Waals surface area (Å²) in [6.45, 7) is 0.490. The van der Waals surface area contributed by atoms with Crippen molar-refractivity contribution in [1.29, 1.82) is 0 Å². The molecule has 0 aromatic heterocycles. The maximum atomic E-state index is 13.0. The zero-order chi connectivity index (χ0) is 12.9. The minimum absolute atomic E-state index is 0.0376. The van der Waals surface area contributed by atoms with Crippen molar-refractivity contribution < 1.29 is 22.7 Å². The van der Waals surface area contributed by atoms with Crippen molar-refractivity contribution in [2.75, 3.05) is 6.61 Å². The molecule has 1 aromatic rings. The molecule has 96 valence electrons. The smallest absolute Gasteiger partial charge is 0.373 e. The van der Waals surface area contributed by atoms with Crippen molar-refractivity contribution in [3.8, 4) is 0 Å². The lowest BCUT2D eigenvalue weighted by atomic mass is 9.94. The molecule has 0 spiro atoms. The number of carbonyl (C=O) groups excluding carboxylic acids is 1. The van der Waals surface area contributed by atoms with E-state index in [1.165, 1.54) is 6.07 Å². The molecule has 3 nitrogen and oxygen atoms in total. The van der Waals surface area contributed by atoms with Gasteiger partial charge in [0.15, 0.2) is 0 Å². The van der Waals surface area contributed by atoms with E-state index in [0.29, 0.717) is 18.6 Å². The van der Waals surface area contributed by atoms with Gasteiger partial charge in [0.1, 0.15) is 0 Å². The molecule has 0 radical (unpaired) electrons. The quantitative estimate of drug-likeness (QED) is 0.839. The molecule has 2 heterocycles. The number of amides is 1. The standard InChI is InChI=1S/C12H10F3NO2/c13-12(14,15)9-4-6(10-1-2-18-10)3-7-8(9)5-16-11(7)17/h3-4,10H,1-2,5H2,(H,16,17). The lowest BCUT2D eigenvalue weighted by molar-refractivity contribution is -0.138. The van der Waals surface area contributed by atoms with E-state index in [9.17, 15) is 18.0 Å². The van der Waals surface area contributed by atoms with Crippen LogP contribution in [0.1, 0.15) is 39.6 Å². The van der Waals surface area contributed by atoms with Gasteiger partial charge in [0.05, 0.1) is 18.3 Å². The minimum atomic E-state index is -4.45. The van der Waals surface area contributed by atoms with Crippen molar-refractivity contribution in [2.24, 2.45) is 0 Å². The molecule has 1 N–H and O–H groups in total. The molecule has 1 aromatic carbocycles. The average molecular weight is 257 g/mol. The molecule has 6 heteroatoms. The molecule has 2 aliphatic heterocycles. The zero-order valence-corrected chi connectivity index (χ0v) is 9.30. The molecule has 1 saturated heterocycles. The average Bonchev–Trinajstić information content (AvgIpc) is 2.56. The molecule has 1 fully saturated rings. The summed E-state index contributed by atoms with van der Waals surface area (Å²) < 4.78 is 44.0. The van der Waals surface area contributed by atoms with Crippen LogP contribution in [0.5, 0.6) is 0 Å². The van der Waals surface area contributed by atoms with Crippen LogP contribution < -0.4 is 5.32 Å². The number of hydrogen-bond donors (Lipinski definition) is 1. The normalized spacial score (nSPS) is 22.4. The van der Waals surface area contributed by atoms with Crippen LogP contribution in [-0.2, 0) is 17.5 Å². The molecular weight excluding hydrogens is 247 g/mol. The van der Waals surface area contributed by atoms with Gasteiger partial charge in [-0.1, -0.05) is 0 Å². The third-order valence-corrected chi connectivity index (χ3v) is 3.32. The van der Waals surface area contributed by atoms with Gasteiger partial charge < -0.3 is 10.1 Å². The Bertz CT molecular complexity index is 521. The topological polar surface area (TPSA) is 38.3 Å². The molecule has 0 aliphatic carbocycles. The highest BCUT2D eigenvalue weighted by Gasteiger charge is 2.38. The van der Waals surface area contributed by atoms with Gasteiger partial charge in [0.2, 0.25) is 0 Å². The maximum absolute atomic E-state index is 13.0. The number of fused-ring (bicyclic) bond motifs is 1. The highest BCUT2D eigenvalue weighted by Crippen LogP contribution is 2.39. The molecule has 1 atom stereocenters. The summed E-state index contributed by atoms with van der Waals surface area (Å²) in [6.07, 6.45) is -4.07. The second kappa shape index (κ2) is 3.71. The lowest BCUT2D eigenvalue weighted by Crippen LogP contribution is -2.20. The molecule has 1 amide bonds. The first-order valence-electron chi connectivity index (χ1n) is 5.60. The summed E-state index contributed by atoms with van der Waals surface area (Å²) in [5.41, 5.74) is -0.140. The van der Waals surface area contributed by atoms with E-state index in [1.54, 1.807) is 0 Å². The Hall–Kier alpha value is -1.56. The fourth-order valence-electron chi connectivity index (χ4n) is 2.29. The van der Waals surface area contributed by atoms with Crippen LogP contribution in [-0.4, -0.2) is 12.5 Å². The van der Waals surface area contributed by atoms with Crippen LogP contribution in [0.25, 0.3) is 0 Å². The SMILES string of the molecule is O=C1NCc2c1cc(C1CCO1)cc2C(F)(F)F. The zero-order valence-electron chi connectivity index (χ0n) is 9.30. The largest absolute Gasteiger partial charge is 0.416 e. The first kappa shape index (κ1) is 11.5. The van der Waals surface area contributed by atoms with Gasteiger partial charge in [-0.2, -0.15) is 13.2 Å². The van der Waals surface area contributed by atoms with E-state index in [4.69, 9.17) is 4.74 Å². The summed E-state index contributed by atoms with van der Waals surface area (Å²) in [7, 11) is 0. The lowest BCUT2D eigenvalue weighted by Gasteiger charge is -2.28. The van der Waals surface area contributed by atoms with Gasteiger partial charge in [-0.15, -0.1) is 0 Å². The van der Waals surface area contributed by atoms with E-state index in [2.05, 4.69) is 5.32 Å². The fourth-order valence-corrected chi connectivity index (χ4v) is 2.29. The van der Waals surface area contributed by atoms with E-state index >= 15 is 0 Å². The molecule has 0 bridgehead atoms. The van der Waals surface area contributed by atoms with Crippen molar-refractivity contribution >= 4 is 5.91 Å². The minimum Gasteiger partial charge on any atom is -0.373 e. The van der Waals surface area contributed by atoms with Gasteiger partial charge in [0.25, 0.3) is 5.91 Å². The highest BCUT2D eigenvalue weighted by molar-refractivity contribution is 5.99.